The van der Waals surface area contributed by atoms with Crippen LogP contribution >= 0.6 is 15.9 Å². The van der Waals surface area contributed by atoms with Crippen molar-refractivity contribution in [2.24, 2.45) is 0 Å². The first kappa shape index (κ1) is 12.2. The van der Waals surface area contributed by atoms with Gasteiger partial charge in [-0.3, -0.25) is 0 Å². The van der Waals surface area contributed by atoms with Crippen molar-refractivity contribution < 1.29 is 4.74 Å². The summed E-state index contributed by atoms with van der Waals surface area (Å²) in [4.78, 5) is 4.41. The molecule has 3 aromatic rings. The third-order valence-corrected chi connectivity index (χ3v) is 3.19. The number of aromatic nitrogens is 3. The molecular weight excluding hydrogens is 306 g/mol. The summed E-state index contributed by atoms with van der Waals surface area (Å²) in [6.45, 7) is 2.40. The van der Waals surface area contributed by atoms with E-state index in [0.29, 0.717) is 12.4 Å². The molecule has 0 bridgehead atoms. The fourth-order valence-corrected chi connectivity index (χ4v) is 2.14. The molecule has 0 atom stereocenters. The average Bonchev–Trinajstić information content (AvgIpc) is 2.78. The maximum absolute atomic E-state index is 5.68. The number of pyridine rings is 1. The lowest BCUT2D eigenvalue weighted by Crippen LogP contribution is -1.98. The van der Waals surface area contributed by atoms with Gasteiger partial charge in [-0.1, -0.05) is 28.1 Å². The van der Waals surface area contributed by atoms with Crippen LogP contribution in [0.2, 0.25) is 0 Å². The molecule has 3 rings (SSSR count). The van der Waals surface area contributed by atoms with Crippen molar-refractivity contribution in [3.8, 4) is 5.75 Å². The van der Waals surface area contributed by atoms with Gasteiger partial charge in [0.05, 0.1) is 0 Å². The molecular formula is C14H12BrN3O. The van der Waals surface area contributed by atoms with E-state index in [-0.39, 0.29) is 0 Å². The summed E-state index contributed by atoms with van der Waals surface area (Å²) >= 11 is 3.41. The Morgan fingerprint density at radius 3 is 3.00 bits per heavy atom. The molecule has 0 radical (unpaired) electrons. The van der Waals surface area contributed by atoms with Gasteiger partial charge in [-0.25, -0.2) is 9.50 Å². The van der Waals surface area contributed by atoms with E-state index in [1.807, 2.05) is 49.5 Å². The fraction of sp³-hybridized carbons (Fsp3) is 0.143. The maximum atomic E-state index is 5.68. The van der Waals surface area contributed by atoms with Crippen LogP contribution in [-0.4, -0.2) is 14.6 Å². The van der Waals surface area contributed by atoms with Gasteiger partial charge in [0.15, 0.2) is 11.5 Å². The summed E-state index contributed by atoms with van der Waals surface area (Å²) in [5.74, 6) is 1.50. The highest BCUT2D eigenvalue weighted by atomic mass is 79.9. The number of hydrogen-bond donors (Lipinski definition) is 0. The lowest BCUT2D eigenvalue weighted by Gasteiger charge is -2.03. The molecule has 4 nitrogen and oxygen atoms in total. The van der Waals surface area contributed by atoms with Crippen molar-refractivity contribution >= 4 is 21.6 Å². The number of rotatable bonds is 3. The van der Waals surface area contributed by atoms with E-state index in [9.17, 15) is 0 Å². The minimum absolute atomic E-state index is 0.364. The molecule has 0 saturated carbocycles. The van der Waals surface area contributed by atoms with E-state index >= 15 is 0 Å². The molecule has 0 saturated heterocycles. The van der Waals surface area contributed by atoms with Gasteiger partial charge in [0.1, 0.15) is 12.4 Å². The predicted molar refractivity (Wildman–Crippen MR) is 76.2 cm³/mol. The lowest BCUT2D eigenvalue weighted by atomic mass is 10.2. The Bertz CT molecular complexity index is 724. The van der Waals surface area contributed by atoms with Crippen LogP contribution in [0.5, 0.6) is 5.75 Å². The Kier molecular flexibility index (Phi) is 3.21. The van der Waals surface area contributed by atoms with E-state index in [2.05, 4.69) is 26.0 Å². The molecule has 2 aromatic heterocycles. The summed E-state index contributed by atoms with van der Waals surface area (Å²) in [5.41, 5.74) is 1.97. The number of benzene rings is 1. The molecule has 0 aliphatic rings. The number of ether oxygens (including phenoxy) is 1. The van der Waals surface area contributed by atoms with Crippen LogP contribution < -0.4 is 4.74 Å². The smallest absolute Gasteiger partial charge is 0.189 e. The average molecular weight is 318 g/mol. The van der Waals surface area contributed by atoms with E-state index in [0.717, 1.165) is 15.9 Å². The molecule has 0 fully saturated rings. The van der Waals surface area contributed by atoms with Crippen LogP contribution in [-0.2, 0) is 6.61 Å². The second-order valence-corrected chi connectivity index (χ2v) is 5.20. The van der Waals surface area contributed by atoms with Gasteiger partial charge in [0, 0.05) is 10.7 Å². The Hall–Kier alpha value is -1.88. The first-order chi connectivity index (χ1) is 9.20. The number of fused-ring (bicyclic) bond motifs is 1. The molecule has 0 unspecified atom stereocenters. The first-order valence-corrected chi connectivity index (χ1v) is 6.70. The first-order valence-electron chi connectivity index (χ1n) is 5.91. The molecule has 96 valence electrons. The van der Waals surface area contributed by atoms with Crippen molar-refractivity contribution in [2.45, 2.75) is 13.5 Å². The van der Waals surface area contributed by atoms with E-state index in [1.54, 1.807) is 4.52 Å². The molecule has 0 aliphatic heterocycles. The second-order valence-electron chi connectivity index (χ2n) is 4.28. The van der Waals surface area contributed by atoms with Crippen LogP contribution in [0.4, 0.5) is 0 Å². The summed E-state index contributed by atoms with van der Waals surface area (Å²) in [7, 11) is 0. The topological polar surface area (TPSA) is 39.4 Å². The van der Waals surface area contributed by atoms with Crippen LogP contribution in [0.15, 0.2) is 47.1 Å². The maximum Gasteiger partial charge on any atom is 0.189 e. The molecule has 19 heavy (non-hydrogen) atoms. The molecule has 5 heteroatoms. The van der Waals surface area contributed by atoms with Gasteiger partial charge < -0.3 is 4.74 Å². The lowest BCUT2D eigenvalue weighted by molar-refractivity contribution is 0.296. The van der Waals surface area contributed by atoms with E-state index in [1.165, 1.54) is 5.56 Å². The summed E-state index contributed by atoms with van der Waals surface area (Å²) in [6.07, 6.45) is 1.86. The Morgan fingerprint density at radius 2 is 2.16 bits per heavy atom. The number of nitrogens with zero attached hydrogens (tertiary/aromatic N) is 3. The Morgan fingerprint density at radius 1 is 1.26 bits per heavy atom. The molecule has 1 aromatic carbocycles. The summed E-state index contributed by atoms with van der Waals surface area (Å²) < 4.78 is 8.40. The van der Waals surface area contributed by atoms with Crippen molar-refractivity contribution in [1.82, 2.24) is 14.6 Å². The number of halogens is 1. The SMILES string of the molecule is Cc1cccc(OCc2nc3cc(Br)ccn3n2)c1. The highest BCUT2D eigenvalue weighted by Crippen LogP contribution is 2.15. The minimum atomic E-state index is 0.364. The third kappa shape index (κ3) is 2.76. The zero-order valence-electron chi connectivity index (χ0n) is 10.4. The molecule has 0 N–H and O–H groups in total. The zero-order valence-corrected chi connectivity index (χ0v) is 12.0. The van der Waals surface area contributed by atoms with Gasteiger partial charge in [-0.05, 0) is 36.8 Å². The normalized spacial score (nSPS) is 10.8. The fourth-order valence-electron chi connectivity index (χ4n) is 1.82. The molecule has 0 spiro atoms. The van der Waals surface area contributed by atoms with Crippen LogP contribution in [0, 0.1) is 6.92 Å². The quantitative estimate of drug-likeness (QED) is 0.743. The summed E-state index contributed by atoms with van der Waals surface area (Å²) in [6, 6.07) is 11.8. The van der Waals surface area contributed by atoms with Gasteiger partial charge in [-0.2, -0.15) is 0 Å². The van der Waals surface area contributed by atoms with E-state index in [4.69, 9.17) is 4.74 Å². The monoisotopic (exact) mass is 317 g/mol. The van der Waals surface area contributed by atoms with Crippen LogP contribution in [0.25, 0.3) is 5.65 Å². The van der Waals surface area contributed by atoms with Gasteiger partial charge in [0.2, 0.25) is 0 Å². The standard InChI is InChI=1S/C14H12BrN3O/c1-10-3-2-4-12(7-10)19-9-13-16-14-8-11(15)5-6-18(14)17-13/h2-8H,9H2,1H3. The number of hydrogen-bond acceptors (Lipinski definition) is 3. The largest absolute Gasteiger partial charge is 0.486 e. The Labute approximate surface area is 119 Å². The predicted octanol–water partition coefficient (Wildman–Crippen LogP) is 3.38. The Balaban J connectivity index is 1.78. The van der Waals surface area contributed by atoms with Gasteiger partial charge >= 0.3 is 0 Å². The molecule has 0 aliphatic carbocycles. The molecule has 0 amide bonds. The zero-order chi connectivity index (χ0) is 13.2. The van der Waals surface area contributed by atoms with Crippen molar-refractivity contribution in [3.05, 3.63) is 58.5 Å². The third-order valence-electron chi connectivity index (χ3n) is 2.70. The van der Waals surface area contributed by atoms with Crippen LogP contribution in [0.1, 0.15) is 11.4 Å². The van der Waals surface area contributed by atoms with E-state index < -0.39 is 0 Å². The van der Waals surface area contributed by atoms with Crippen molar-refractivity contribution in [3.63, 3.8) is 0 Å². The van der Waals surface area contributed by atoms with Crippen molar-refractivity contribution in [1.29, 1.82) is 0 Å². The molecule has 2 heterocycles. The summed E-state index contributed by atoms with van der Waals surface area (Å²) in [5, 5.41) is 4.35. The minimum Gasteiger partial charge on any atom is -0.486 e. The van der Waals surface area contributed by atoms with Gasteiger partial charge in [0.25, 0.3) is 0 Å². The highest BCUT2D eigenvalue weighted by molar-refractivity contribution is 9.10. The van der Waals surface area contributed by atoms with Gasteiger partial charge in [-0.15, -0.1) is 5.10 Å². The number of aryl methyl sites for hydroxylation is 1. The highest BCUT2D eigenvalue weighted by Gasteiger charge is 2.04. The second kappa shape index (κ2) is 5.01. The van der Waals surface area contributed by atoms with Crippen LogP contribution in [0.3, 0.4) is 0 Å². The van der Waals surface area contributed by atoms with Crippen molar-refractivity contribution in [2.75, 3.05) is 0 Å².